The first-order chi connectivity index (χ1) is 9.09. The lowest BCUT2D eigenvalue weighted by Gasteiger charge is -2.25. The van der Waals surface area contributed by atoms with Gasteiger partial charge in [0.1, 0.15) is 0 Å². The lowest BCUT2D eigenvalue weighted by Crippen LogP contribution is -2.31. The van der Waals surface area contributed by atoms with Gasteiger partial charge in [0.15, 0.2) is 0 Å². The van der Waals surface area contributed by atoms with Gasteiger partial charge in [-0.05, 0) is 59.8 Å². The van der Waals surface area contributed by atoms with Gasteiger partial charge >= 0.3 is 0 Å². The molecule has 2 aromatic heterocycles. The molecule has 0 aromatic carbocycles. The number of nitrogens with one attached hydrogen (secondary N) is 1. The molecule has 0 spiro atoms. The summed E-state index contributed by atoms with van der Waals surface area (Å²) in [5.74, 6) is 0. The maximum absolute atomic E-state index is 3.64. The van der Waals surface area contributed by atoms with Crippen LogP contribution in [0.5, 0.6) is 0 Å². The van der Waals surface area contributed by atoms with Crippen LogP contribution in [0.15, 0.2) is 33.4 Å². The van der Waals surface area contributed by atoms with Crippen LogP contribution < -0.4 is 5.32 Å². The molecule has 2 rings (SSSR count). The highest BCUT2D eigenvalue weighted by atomic mass is 79.9. The molecule has 0 saturated heterocycles. The zero-order valence-corrected chi connectivity index (χ0v) is 14.6. The van der Waals surface area contributed by atoms with Gasteiger partial charge in [-0.3, -0.25) is 0 Å². The van der Waals surface area contributed by atoms with Crippen molar-refractivity contribution in [2.45, 2.75) is 19.0 Å². The van der Waals surface area contributed by atoms with Gasteiger partial charge in [0.25, 0.3) is 0 Å². The van der Waals surface area contributed by atoms with E-state index in [4.69, 9.17) is 0 Å². The standard InChI is InChI=1S/C14H19BrN2S2/c1-10(14-11(15)6-8-19-14)16-9-12(17(2)3)13-5-4-7-18-13/h4-8,10,12,16H,9H2,1-3H3. The number of hydrogen-bond acceptors (Lipinski definition) is 4. The summed E-state index contributed by atoms with van der Waals surface area (Å²) in [4.78, 5) is 5.05. The molecule has 0 aliphatic rings. The van der Waals surface area contributed by atoms with Crippen LogP contribution >= 0.6 is 38.6 Å². The Morgan fingerprint density at radius 1 is 1.26 bits per heavy atom. The smallest absolute Gasteiger partial charge is 0.0561 e. The first-order valence-corrected chi connectivity index (χ1v) is 8.81. The molecule has 0 radical (unpaired) electrons. The molecule has 5 heteroatoms. The highest BCUT2D eigenvalue weighted by Crippen LogP contribution is 2.29. The summed E-state index contributed by atoms with van der Waals surface area (Å²) >= 11 is 7.22. The first kappa shape index (κ1) is 15.2. The Labute approximate surface area is 131 Å². The average Bonchev–Trinajstić information content (AvgIpc) is 3.00. The minimum absolute atomic E-state index is 0.372. The molecule has 1 N–H and O–H groups in total. The van der Waals surface area contributed by atoms with E-state index < -0.39 is 0 Å². The van der Waals surface area contributed by atoms with Crippen molar-refractivity contribution in [1.29, 1.82) is 0 Å². The van der Waals surface area contributed by atoms with E-state index in [1.54, 1.807) is 11.3 Å². The van der Waals surface area contributed by atoms with Crippen molar-refractivity contribution in [2.75, 3.05) is 20.6 Å². The molecule has 0 saturated carbocycles. The molecule has 104 valence electrons. The van der Waals surface area contributed by atoms with E-state index in [2.05, 4.69) is 76.1 Å². The van der Waals surface area contributed by atoms with E-state index in [1.165, 1.54) is 14.2 Å². The SMILES string of the molecule is CC(NCC(c1cccs1)N(C)C)c1sccc1Br. The van der Waals surface area contributed by atoms with Gasteiger partial charge in [-0.2, -0.15) is 0 Å². The third-order valence-electron chi connectivity index (χ3n) is 3.15. The van der Waals surface area contributed by atoms with Gasteiger partial charge in [0.05, 0.1) is 6.04 Å². The molecule has 19 heavy (non-hydrogen) atoms. The summed E-state index contributed by atoms with van der Waals surface area (Å²) in [6, 6.07) is 7.25. The minimum atomic E-state index is 0.372. The predicted molar refractivity (Wildman–Crippen MR) is 89.2 cm³/mol. The molecular formula is C14H19BrN2S2. The van der Waals surface area contributed by atoms with E-state index in [-0.39, 0.29) is 0 Å². The topological polar surface area (TPSA) is 15.3 Å². The Hall–Kier alpha value is -0.200. The Morgan fingerprint density at radius 2 is 2.05 bits per heavy atom. The zero-order chi connectivity index (χ0) is 13.8. The van der Waals surface area contributed by atoms with E-state index in [1.807, 2.05) is 11.3 Å². The van der Waals surface area contributed by atoms with Crippen LogP contribution in [0.4, 0.5) is 0 Å². The van der Waals surface area contributed by atoms with Gasteiger partial charge in [-0.15, -0.1) is 22.7 Å². The summed E-state index contributed by atoms with van der Waals surface area (Å²) in [7, 11) is 4.27. The molecule has 2 nitrogen and oxygen atoms in total. The quantitative estimate of drug-likeness (QED) is 0.816. The Balaban J connectivity index is 1.98. The van der Waals surface area contributed by atoms with Crippen LogP contribution in [0.3, 0.4) is 0 Å². The summed E-state index contributed by atoms with van der Waals surface area (Å²) in [5, 5.41) is 7.91. The van der Waals surface area contributed by atoms with Crippen molar-refractivity contribution in [2.24, 2.45) is 0 Å². The van der Waals surface area contributed by atoms with Crippen LogP contribution in [0.2, 0.25) is 0 Å². The molecule has 0 amide bonds. The lowest BCUT2D eigenvalue weighted by molar-refractivity contribution is 0.286. The van der Waals surface area contributed by atoms with Crippen molar-refractivity contribution >= 4 is 38.6 Å². The Morgan fingerprint density at radius 3 is 2.58 bits per heavy atom. The second kappa shape index (κ2) is 6.99. The molecule has 2 heterocycles. The molecule has 0 bridgehead atoms. The number of rotatable bonds is 6. The van der Waals surface area contributed by atoms with Crippen molar-refractivity contribution in [3.8, 4) is 0 Å². The molecule has 2 aromatic rings. The average molecular weight is 359 g/mol. The molecule has 2 unspecified atom stereocenters. The summed E-state index contributed by atoms with van der Waals surface area (Å²) in [5.41, 5.74) is 0. The maximum Gasteiger partial charge on any atom is 0.0561 e. The van der Waals surface area contributed by atoms with Crippen LogP contribution in [0.1, 0.15) is 28.8 Å². The highest BCUT2D eigenvalue weighted by Gasteiger charge is 2.17. The maximum atomic E-state index is 3.64. The largest absolute Gasteiger partial charge is 0.307 e. The van der Waals surface area contributed by atoms with Crippen LogP contribution in [-0.4, -0.2) is 25.5 Å². The fourth-order valence-corrected chi connectivity index (χ4v) is 4.69. The third-order valence-corrected chi connectivity index (χ3v) is 6.18. The number of hydrogen-bond donors (Lipinski definition) is 1. The molecule has 0 fully saturated rings. The van der Waals surface area contributed by atoms with Crippen LogP contribution in [0.25, 0.3) is 0 Å². The van der Waals surface area contributed by atoms with E-state index in [0.29, 0.717) is 12.1 Å². The first-order valence-electron chi connectivity index (χ1n) is 6.25. The van der Waals surface area contributed by atoms with E-state index in [0.717, 1.165) is 6.54 Å². The zero-order valence-electron chi connectivity index (χ0n) is 11.4. The highest BCUT2D eigenvalue weighted by molar-refractivity contribution is 9.10. The van der Waals surface area contributed by atoms with Crippen LogP contribution in [-0.2, 0) is 0 Å². The van der Waals surface area contributed by atoms with Crippen LogP contribution in [0, 0.1) is 0 Å². The van der Waals surface area contributed by atoms with Gasteiger partial charge in [-0.25, -0.2) is 0 Å². The van der Waals surface area contributed by atoms with E-state index in [9.17, 15) is 0 Å². The molecule has 0 aliphatic carbocycles. The van der Waals surface area contributed by atoms with Crippen molar-refractivity contribution in [3.63, 3.8) is 0 Å². The number of likely N-dealkylation sites (N-methyl/N-ethyl adjacent to an activating group) is 1. The second-order valence-electron chi connectivity index (χ2n) is 4.76. The van der Waals surface area contributed by atoms with Crippen molar-refractivity contribution in [1.82, 2.24) is 10.2 Å². The lowest BCUT2D eigenvalue weighted by atomic mass is 10.2. The molecular weight excluding hydrogens is 340 g/mol. The monoisotopic (exact) mass is 358 g/mol. The number of nitrogens with zero attached hydrogens (tertiary/aromatic N) is 1. The molecule has 0 aliphatic heterocycles. The van der Waals surface area contributed by atoms with Crippen molar-refractivity contribution < 1.29 is 0 Å². The van der Waals surface area contributed by atoms with Crippen molar-refractivity contribution in [3.05, 3.63) is 43.2 Å². The number of halogens is 1. The third kappa shape index (κ3) is 3.89. The van der Waals surface area contributed by atoms with Gasteiger partial charge in [0.2, 0.25) is 0 Å². The van der Waals surface area contributed by atoms with E-state index >= 15 is 0 Å². The summed E-state index contributed by atoms with van der Waals surface area (Å²) in [6.07, 6.45) is 0. The van der Waals surface area contributed by atoms with Gasteiger partial charge in [-0.1, -0.05) is 6.07 Å². The fraction of sp³-hybridized carbons (Fsp3) is 0.429. The Kier molecular flexibility index (Phi) is 5.59. The fourth-order valence-electron chi connectivity index (χ4n) is 2.01. The molecule has 2 atom stereocenters. The Bertz CT molecular complexity index is 493. The normalized spacial score (nSPS) is 14.8. The second-order valence-corrected chi connectivity index (χ2v) is 7.54. The summed E-state index contributed by atoms with van der Waals surface area (Å²) in [6.45, 7) is 3.18. The predicted octanol–water partition coefficient (Wildman–Crippen LogP) is 4.53. The summed E-state index contributed by atoms with van der Waals surface area (Å²) < 4.78 is 1.20. The van der Waals surface area contributed by atoms with Gasteiger partial charge in [0, 0.05) is 26.8 Å². The minimum Gasteiger partial charge on any atom is -0.307 e. The van der Waals surface area contributed by atoms with Gasteiger partial charge < -0.3 is 10.2 Å². The number of thiophene rings is 2.